The summed E-state index contributed by atoms with van der Waals surface area (Å²) in [6.45, 7) is 4.73. The highest BCUT2D eigenvalue weighted by molar-refractivity contribution is 6.18. The molecule has 0 unspecified atom stereocenters. The molecule has 0 saturated carbocycles. The summed E-state index contributed by atoms with van der Waals surface area (Å²) in [4.78, 5) is 10.6. The van der Waals surface area contributed by atoms with Crippen LogP contribution in [0.1, 0.15) is 25.0 Å². The van der Waals surface area contributed by atoms with Crippen LogP contribution in [-0.2, 0) is 5.41 Å². The van der Waals surface area contributed by atoms with E-state index in [1.165, 1.54) is 49.5 Å². The minimum absolute atomic E-state index is 0.135. The van der Waals surface area contributed by atoms with Gasteiger partial charge in [0.2, 0.25) is 0 Å². The molecule has 4 heteroatoms. The highest BCUT2D eigenvalue weighted by Crippen LogP contribution is 2.54. The second kappa shape index (κ2) is 14.2. The topological polar surface area (TPSA) is 52.1 Å². The van der Waals surface area contributed by atoms with Crippen molar-refractivity contribution in [3.05, 3.63) is 217 Å². The van der Waals surface area contributed by atoms with Gasteiger partial charge in [0, 0.05) is 43.7 Å². The standard InChI is InChI=1S/C63H40N2O2/c1-63(2)52-26-13-25-48(60(52)50-32-38-17-6-7-18-39(38)33-53(50)63)45-29-30-46(44-22-9-8-21-43(44)45)55-36-54(64-62(65-55)37-15-4-3-5-16-37)41-20-12-19-40(31-41)42-24-14-28-57-61(42)51-35-58-49(34-59(51)67-57)47-23-10-11-27-56(47)66-58/h3-36H,1-2H3. The molecule has 10 aromatic carbocycles. The van der Waals surface area contributed by atoms with E-state index in [9.17, 15) is 0 Å². The number of benzene rings is 10. The van der Waals surface area contributed by atoms with E-state index in [0.29, 0.717) is 5.82 Å². The summed E-state index contributed by atoms with van der Waals surface area (Å²) >= 11 is 0. The molecule has 1 aliphatic carbocycles. The highest BCUT2D eigenvalue weighted by atomic mass is 16.3. The van der Waals surface area contributed by atoms with Gasteiger partial charge in [0.1, 0.15) is 22.3 Å². The maximum Gasteiger partial charge on any atom is 0.160 e. The van der Waals surface area contributed by atoms with E-state index in [-0.39, 0.29) is 5.41 Å². The summed E-state index contributed by atoms with van der Waals surface area (Å²) in [6, 6.07) is 73.6. The van der Waals surface area contributed by atoms with E-state index in [1.807, 2.05) is 42.5 Å². The molecule has 1 aliphatic rings. The second-order valence-electron chi connectivity index (χ2n) is 18.4. The Kier molecular flexibility index (Phi) is 8.00. The lowest BCUT2D eigenvalue weighted by Crippen LogP contribution is -2.14. The van der Waals surface area contributed by atoms with Gasteiger partial charge in [-0.15, -0.1) is 0 Å². The van der Waals surface area contributed by atoms with Gasteiger partial charge >= 0.3 is 0 Å². The number of hydrogen-bond acceptors (Lipinski definition) is 4. The zero-order valence-corrected chi connectivity index (χ0v) is 36.8. The van der Waals surface area contributed by atoms with Gasteiger partial charge in [0.15, 0.2) is 5.82 Å². The molecule has 314 valence electrons. The number of nitrogens with zero attached hydrogens (tertiary/aromatic N) is 2. The van der Waals surface area contributed by atoms with E-state index in [0.717, 1.165) is 88.5 Å². The third-order valence-electron chi connectivity index (χ3n) is 14.3. The number of aromatic nitrogens is 2. The van der Waals surface area contributed by atoms with Crippen LogP contribution in [0.4, 0.5) is 0 Å². The van der Waals surface area contributed by atoms with E-state index in [4.69, 9.17) is 18.8 Å². The molecule has 0 aliphatic heterocycles. The number of para-hydroxylation sites is 1. The molecule has 0 atom stereocenters. The zero-order valence-electron chi connectivity index (χ0n) is 36.8. The van der Waals surface area contributed by atoms with Gasteiger partial charge in [-0.25, -0.2) is 9.97 Å². The van der Waals surface area contributed by atoms with Crippen molar-refractivity contribution in [2.45, 2.75) is 19.3 Å². The predicted molar refractivity (Wildman–Crippen MR) is 276 cm³/mol. The van der Waals surface area contributed by atoms with Crippen LogP contribution in [0.5, 0.6) is 0 Å². The van der Waals surface area contributed by atoms with Crippen molar-refractivity contribution in [2.75, 3.05) is 0 Å². The van der Waals surface area contributed by atoms with Crippen LogP contribution < -0.4 is 0 Å². The molecular formula is C63H40N2O2. The Balaban J connectivity index is 0.926. The van der Waals surface area contributed by atoms with Gasteiger partial charge in [-0.05, 0) is 115 Å². The predicted octanol–water partition coefficient (Wildman–Crippen LogP) is 17.2. The van der Waals surface area contributed by atoms with E-state index >= 15 is 0 Å². The number of fused-ring (bicyclic) bond motifs is 11. The summed E-state index contributed by atoms with van der Waals surface area (Å²) < 4.78 is 12.9. The number of furan rings is 2. The van der Waals surface area contributed by atoms with Crippen LogP contribution in [0, 0.1) is 0 Å². The first kappa shape index (κ1) is 37.7. The molecule has 0 spiro atoms. The first-order chi connectivity index (χ1) is 32.9. The molecular weight excluding hydrogens is 817 g/mol. The Morgan fingerprint density at radius 3 is 1.82 bits per heavy atom. The van der Waals surface area contributed by atoms with Crippen LogP contribution in [0.25, 0.3) is 133 Å². The molecule has 4 nitrogen and oxygen atoms in total. The van der Waals surface area contributed by atoms with Crippen molar-refractivity contribution in [2.24, 2.45) is 0 Å². The van der Waals surface area contributed by atoms with E-state index in [1.54, 1.807) is 0 Å². The molecule has 67 heavy (non-hydrogen) atoms. The lowest BCUT2D eigenvalue weighted by molar-refractivity contribution is 0.661. The van der Waals surface area contributed by atoms with Crippen LogP contribution in [0.3, 0.4) is 0 Å². The monoisotopic (exact) mass is 856 g/mol. The fourth-order valence-electron chi connectivity index (χ4n) is 11.0. The van der Waals surface area contributed by atoms with Crippen molar-refractivity contribution >= 4 is 65.4 Å². The van der Waals surface area contributed by atoms with Crippen molar-refractivity contribution in [3.63, 3.8) is 0 Å². The molecule has 0 amide bonds. The van der Waals surface area contributed by atoms with E-state index in [2.05, 4.69) is 178 Å². The molecule has 0 N–H and O–H groups in total. The fourth-order valence-corrected chi connectivity index (χ4v) is 11.0. The Morgan fingerprint density at radius 2 is 0.955 bits per heavy atom. The van der Waals surface area contributed by atoms with Gasteiger partial charge < -0.3 is 8.83 Å². The van der Waals surface area contributed by atoms with Crippen molar-refractivity contribution in [3.8, 4) is 67.3 Å². The molecule has 0 saturated heterocycles. The van der Waals surface area contributed by atoms with E-state index < -0.39 is 0 Å². The van der Waals surface area contributed by atoms with Crippen molar-refractivity contribution in [1.82, 2.24) is 9.97 Å². The normalized spacial score (nSPS) is 13.0. The fraction of sp³-hybridized carbons (Fsp3) is 0.0476. The minimum atomic E-state index is -0.135. The highest BCUT2D eigenvalue weighted by Gasteiger charge is 2.37. The summed E-state index contributed by atoms with van der Waals surface area (Å²) in [5.41, 5.74) is 18.0. The zero-order chi connectivity index (χ0) is 44.4. The lowest BCUT2D eigenvalue weighted by Gasteiger charge is -2.22. The van der Waals surface area contributed by atoms with Gasteiger partial charge in [-0.2, -0.15) is 0 Å². The largest absolute Gasteiger partial charge is 0.456 e. The van der Waals surface area contributed by atoms with Gasteiger partial charge in [-0.3, -0.25) is 0 Å². The van der Waals surface area contributed by atoms with Crippen LogP contribution in [0.15, 0.2) is 215 Å². The third-order valence-corrected chi connectivity index (χ3v) is 14.3. The maximum absolute atomic E-state index is 6.56. The molecule has 13 aromatic rings. The molecule has 0 radical (unpaired) electrons. The average Bonchev–Trinajstić information content (AvgIpc) is 4.01. The van der Waals surface area contributed by atoms with Gasteiger partial charge in [0.25, 0.3) is 0 Å². The Bertz CT molecular complexity index is 4190. The van der Waals surface area contributed by atoms with Gasteiger partial charge in [-0.1, -0.05) is 172 Å². The Hall–Kier alpha value is -8.60. The summed E-state index contributed by atoms with van der Waals surface area (Å²) in [5, 5.41) is 9.08. The van der Waals surface area contributed by atoms with Crippen molar-refractivity contribution in [1.29, 1.82) is 0 Å². The second-order valence-corrected chi connectivity index (χ2v) is 18.4. The average molecular weight is 857 g/mol. The molecule has 0 bridgehead atoms. The van der Waals surface area contributed by atoms with Crippen molar-refractivity contribution < 1.29 is 8.83 Å². The maximum atomic E-state index is 6.56. The molecule has 3 heterocycles. The minimum Gasteiger partial charge on any atom is -0.456 e. The molecule has 3 aromatic heterocycles. The van der Waals surface area contributed by atoms with Gasteiger partial charge in [0.05, 0.1) is 11.4 Å². The summed E-state index contributed by atoms with van der Waals surface area (Å²) in [6.07, 6.45) is 0. The summed E-state index contributed by atoms with van der Waals surface area (Å²) in [5.74, 6) is 0.677. The first-order valence-electron chi connectivity index (χ1n) is 23.0. The quantitative estimate of drug-likeness (QED) is 0.173. The van der Waals surface area contributed by atoms with Crippen LogP contribution in [0.2, 0.25) is 0 Å². The lowest BCUT2D eigenvalue weighted by atomic mass is 9.81. The Morgan fingerprint density at radius 1 is 0.343 bits per heavy atom. The first-order valence-corrected chi connectivity index (χ1v) is 23.0. The van der Waals surface area contributed by atoms with Crippen LogP contribution >= 0.6 is 0 Å². The number of hydrogen-bond donors (Lipinski definition) is 0. The van der Waals surface area contributed by atoms with Crippen LogP contribution in [-0.4, -0.2) is 9.97 Å². The third kappa shape index (κ3) is 5.73. The SMILES string of the molecule is CC1(C)c2cc3ccccc3cc2-c2c(-c3ccc(-c4cc(-c5cccc(-c6cccc7oc8cc9c(cc8c67)oc6ccccc69)c5)nc(-c5ccccc5)n4)c4ccccc34)cccc21. The molecule has 14 rings (SSSR count). The smallest absolute Gasteiger partial charge is 0.160 e. The molecule has 0 fully saturated rings. The summed E-state index contributed by atoms with van der Waals surface area (Å²) in [7, 11) is 0. The Labute approximate surface area is 386 Å². The number of rotatable bonds is 5.